The Morgan fingerprint density at radius 2 is 2.16 bits per heavy atom. The van der Waals surface area contributed by atoms with E-state index in [9.17, 15) is 14.3 Å². The number of aliphatic hydroxyl groups is 1. The molecule has 1 aromatic carbocycles. The Hall–Kier alpha value is -1.07. The smallest absolute Gasteiger partial charge is 0.232 e. The number of thioether (sulfide) groups is 1. The largest absolute Gasteiger partial charge is 0.393 e. The molecular formula is C14H18FNO2S. The third kappa shape index (κ3) is 3.94. The molecule has 2 rings (SSSR count). The van der Waals surface area contributed by atoms with Crippen LogP contribution in [-0.2, 0) is 4.79 Å². The minimum absolute atomic E-state index is 0.0769. The molecule has 1 aliphatic rings. The van der Waals surface area contributed by atoms with Crippen molar-refractivity contribution in [3.05, 3.63) is 30.1 Å². The predicted molar refractivity (Wildman–Crippen MR) is 73.5 cm³/mol. The summed E-state index contributed by atoms with van der Waals surface area (Å²) in [5.41, 5.74) is 0. The van der Waals surface area contributed by atoms with E-state index in [4.69, 9.17) is 0 Å². The SMILES string of the molecule is CC1CN(C(=O)CSc2ccc(F)cc2)CCC1O. The van der Waals surface area contributed by atoms with Crippen LogP contribution < -0.4 is 0 Å². The van der Waals surface area contributed by atoms with Gasteiger partial charge < -0.3 is 10.0 Å². The Kier molecular flexibility index (Phi) is 4.82. The molecule has 0 spiro atoms. The average Bonchev–Trinajstić information content (AvgIpc) is 2.41. The van der Waals surface area contributed by atoms with Crippen molar-refractivity contribution in [2.75, 3.05) is 18.8 Å². The molecule has 0 aromatic heterocycles. The monoisotopic (exact) mass is 283 g/mol. The van der Waals surface area contributed by atoms with Crippen molar-refractivity contribution in [3.8, 4) is 0 Å². The van der Waals surface area contributed by atoms with E-state index in [1.807, 2.05) is 6.92 Å². The fraction of sp³-hybridized carbons (Fsp3) is 0.500. The van der Waals surface area contributed by atoms with Gasteiger partial charge in [0.05, 0.1) is 11.9 Å². The summed E-state index contributed by atoms with van der Waals surface area (Å²) in [5.74, 6) is 0.296. The van der Waals surface area contributed by atoms with E-state index in [2.05, 4.69) is 0 Å². The molecule has 1 saturated heterocycles. The first-order valence-corrected chi connectivity index (χ1v) is 7.39. The van der Waals surface area contributed by atoms with Gasteiger partial charge in [0.1, 0.15) is 5.82 Å². The Morgan fingerprint density at radius 3 is 2.79 bits per heavy atom. The summed E-state index contributed by atoms with van der Waals surface area (Å²) in [6, 6.07) is 6.14. The van der Waals surface area contributed by atoms with Crippen LogP contribution in [0.3, 0.4) is 0 Å². The summed E-state index contributed by atoms with van der Waals surface area (Å²) in [5, 5.41) is 9.63. The van der Waals surface area contributed by atoms with Gasteiger partial charge >= 0.3 is 0 Å². The zero-order chi connectivity index (χ0) is 13.8. The third-order valence-electron chi connectivity index (χ3n) is 3.39. The van der Waals surface area contributed by atoms with E-state index in [1.54, 1.807) is 17.0 Å². The van der Waals surface area contributed by atoms with E-state index >= 15 is 0 Å². The van der Waals surface area contributed by atoms with Crippen molar-refractivity contribution in [3.63, 3.8) is 0 Å². The Bertz CT molecular complexity index is 438. The highest BCUT2D eigenvalue weighted by Crippen LogP contribution is 2.21. The van der Waals surface area contributed by atoms with Gasteiger partial charge in [-0.1, -0.05) is 6.92 Å². The van der Waals surface area contributed by atoms with Crippen LogP contribution in [0.25, 0.3) is 0 Å². The fourth-order valence-electron chi connectivity index (χ4n) is 2.13. The van der Waals surface area contributed by atoms with E-state index in [0.717, 1.165) is 4.90 Å². The van der Waals surface area contributed by atoms with Crippen molar-refractivity contribution in [1.82, 2.24) is 4.90 Å². The molecule has 1 amide bonds. The summed E-state index contributed by atoms with van der Waals surface area (Å²) in [6.07, 6.45) is 0.350. The number of benzene rings is 1. The first-order chi connectivity index (χ1) is 9.06. The maximum Gasteiger partial charge on any atom is 0.232 e. The van der Waals surface area contributed by atoms with Gasteiger partial charge in [0.15, 0.2) is 0 Å². The van der Waals surface area contributed by atoms with Crippen molar-refractivity contribution in [2.24, 2.45) is 5.92 Å². The maximum absolute atomic E-state index is 12.7. The summed E-state index contributed by atoms with van der Waals surface area (Å²) in [6.45, 7) is 3.19. The van der Waals surface area contributed by atoms with E-state index in [1.165, 1.54) is 23.9 Å². The van der Waals surface area contributed by atoms with Gasteiger partial charge in [0.2, 0.25) is 5.91 Å². The molecule has 1 heterocycles. The first kappa shape index (κ1) is 14.3. The Balaban J connectivity index is 1.83. The van der Waals surface area contributed by atoms with E-state index in [0.29, 0.717) is 25.3 Å². The summed E-state index contributed by atoms with van der Waals surface area (Å²) < 4.78 is 12.7. The number of hydrogen-bond donors (Lipinski definition) is 1. The molecule has 104 valence electrons. The van der Waals surface area contributed by atoms with Crippen molar-refractivity contribution >= 4 is 17.7 Å². The second-order valence-corrected chi connectivity index (χ2v) is 5.96. The molecule has 1 aliphatic heterocycles. The third-order valence-corrected chi connectivity index (χ3v) is 4.39. The lowest BCUT2D eigenvalue weighted by molar-refractivity contribution is -0.131. The minimum atomic E-state index is -0.297. The zero-order valence-corrected chi connectivity index (χ0v) is 11.7. The Labute approximate surface area is 116 Å². The number of likely N-dealkylation sites (tertiary alicyclic amines) is 1. The van der Waals surface area contributed by atoms with E-state index < -0.39 is 0 Å². The maximum atomic E-state index is 12.7. The van der Waals surface area contributed by atoms with Crippen LogP contribution in [0.2, 0.25) is 0 Å². The summed E-state index contributed by atoms with van der Waals surface area (Å²) >= 11 is 1.41. The quantitative estimate of drug-likeness (QED) is 0.864. The highest BCUT2D eigenvalue weighted by molar-refractivity contribution is 8.00. The second kappa shape index (κ2) is 6.39. The number of aliphatic hydroxyl groups excluding tert-OH is 1. The van der Waals surface area contributed by atoms with Crippen LogP contribution in [0.5, 0.6) is 0 Å². The van der Waals surface area contributed by atoms with Gasteiger partial charge in [0.25, 0.3) is 0 Å². The van der Waals surface area contributed by atoms with Gasteiger partial charge in [-0.25, -0.2) is 4.39 Å². The summed E-state index contributed by atoms with van der Waals surface area (Å²) in [7, 11) is 0. The highest BCUT2D eigenvalue weighted by atomic mass is 32.2. The number of carbonyl (C=O) groups excluding carboxylic acids is 1. The lowest BCUT2D eigenvalue weighted by Crippen LogP contribution is -2.45. The number of rotatable bonds is 3. The molecule has 5 heteroatoms. The first-order valence-electron chi connectivity index (χ1n) is 6.40. The standard InChI is InChI=1S/C14H18FNO2S/c1-10-8-16(7-6-13(10)17)14(18)9-19-12-4-2-11(15)3-5-12/h2-5,10,13,17H,6-9H2,1H3. The number of hydrogen-bond acceptors (Lipinski definition) is 3. The average molecular weight is 283 g/mol. The van der Waals surface area contributed by atoms with Crippen LogP contribution in [0.15, 0.2) is 29.2 Å². The normalized spacial score (nSPS) is 23.4. The van der Waals surface area contributed by atoms with Crippen molar-refractivity contribution in [1.29, 1.82) is 0 Å². The predicted octanol–water partition coefficient (Wildman–Crippen LogP) is 2.15. The molecular weight excluding hydrogens is 265 g/mol. The lowest BCUT2D eigenvalue weighted by atomic mass is 9.97. The molecule has 19 heavy (non-hydrogen) atoms. The highest BCUT2D eigenvalue weighted by Gasteiger charge is 2.26. The molecule has 1 N–H and O–H groups in total. The molecule has 2 atom stereocenters. The number of halogens is 1. The topological polar surface area (TPSA) is 40.5 Å². The van der Waals surface area contributed by atoms with Gasteiger partial charge in [-0.2, -0.15) is 0 Å². The zero-order valence-electron chi connectivity index (χ0n) is 10.9. The molecule has 3 nitrogen and oxygen atoms in total. The van der Waals surface area contributed by atoms with Gasteiger partial charge in [-0.15, -0.1) is 11.8 Å². The molecule has 0 aliphatic carbocycles. The molecule has 1 fully saturated rings. The number of nitrogens with zero attached hydrogens (tertiary/aromatic N) is 1. The van der Waals surface area contributed by atoms with Crippen molar-refractivity contribution in [2.45, 2.75) is 24.3 Å². The molecule has 1 aromatic rings. The van der Waals surface area contributed by atoms with Gasteiger partial charge in [0, 0.05) is 18.0 Å². The number of amides is 1. The second-order valence-electron chi connectivity index (χ2n) is 4.92. The lowest BCUT2D eigenvalue weighted by Gasteiger charge is -2.34. The molecule has 2 unspecified atom stereocenters. The fourth-order valence-corrected chi connectivity index (χ4v) is 2.93. The van der Waals surface area contributed by atoms with Crippen molar-refractivity contribution < 1.29 is 14.3 Å². The van der Waals surface area contributed by atoms with Gasteiger partial charge in [-0.3, -0.25) is 4.79 Å². The van der Waals surface area contributed by atoms with Crippen LogP contribution in [-0.4, -0.2) is 40.9 Å². The van der Waals surface area contributed by atoms with Crippen LogP contribution in [0.1, 0.15) is 13.3 Å². The minimum Gasteiger partial charge on any atom is -0.393 e. The number of piperidine rings is 1. The molecule has 0 bridgehead atoms. The van der Waals surface area contributed by atoms with Crippen LogP contribution >= 0.6 is 11.8 Å². The molecule has 0 saturated carbocycles. The van der Waals surface area contributed by atoms with E-state index in [-0.39, 0.29) is 23.7 Å². The Morgan fingerprint density at radius 1 is 1.47 bits per heavy atom. The van der Waals surface area contributed by atoms with Crippen LogP contribution in [0, 0.1) is 11.7 Å². The molecule has 0 radical (unpaired) electrons. The van der Waals surface area contributed by atoms with Crippen LogP contribution in [0.4, 0.5) is 4.39 Å². The number of carbonyl (C=O) groups is 1. The summed E-state index contributed by atoms with van der Waals surface area (Å²) in [4.78, 5) is 14.7. The van der Waals surface area contributed by atoms with Gasteiger partial charge in [-0.05, 0) is 36.6 Å².